The van der Waals surface area contributed by atoms with Gasteiger partial charge in [-0.3, -0.25) is 9.52 Å². The van der Waals surface area contributed by atoms with E-state index in [1.54, 1.807) is 30.3 Å². The molecule has 0 atom stereocenters. The highest BCUT2D eigenvalue weighted by atomic mass is 32.2. The summed E-state index contributed by atoms with van der Waals surface area (Å²) in [6.07, 6.45) is 0. The van der Waals surface area contributed by atoms with Crippen molar-refractivity contribution in [3.05, 3.63) is 114 Å². The molecule has 0 fully saturated rings. The van der Waals surface area contributed by atoms with Crippen molar-refractivity contribution in [1.82, 2.24) is 0 Å². The van der Waals surface area contributed by atoms with Crippen LogP contribution in [0.2, 0.25) is 0 Å². The zero-order valence-corrected chi connectivity index (χ0v) is 20.9. The fraction of sp³-hybridized carbons (Fsp3) is 0.0690. The molecule has 5 rings (SSSR count). The summed E-state index contributed by atoms with van der Waals surface area (Å²) in [6, 6.07) is 30.2. The molecule has 0 unspecified atom stereocenters. The third-order valence-corrected chi connectivity index (χ3v) is 7.20. The summed E-state index contributed by atoms with van der Waals surface area (Å²) >= 11 is 0. The molecule has 37 heavy (non-hydrogen) atoms. The van der Waals surface area contributed by atoms with Gasteiger partial charge >= 0.3 is 0 Å². The number of ether oxygens (including phenoxy) is 1. The van der Waals surface area contributed by atoms with Crippen LogP contribution in [-0.2, 0) is 14.8 Å². The summed E-state index contributed by atoms with van der Waals surface area (Å²) in [5.41, 5.74) is 3.95. The molecule has 1 aliphatic heterocycles. The fourth-order valence-corrected chi connectivity index (χ4v) is 5.20. The van der Waals surface area contributed by atoms with E-state index in [1.165, 1.54) is 12.1 Å². The smallest absolute Gasteiger partial charge is 0.261 e. The van der Waals surface area contributed by atoms with Gasteiger partial charge in [0.05, 0.1) is 22.8 Å². The average Bonchev–Trinajstić information content (AvgIpc) is 3.24. The first kappa shape index (κ1) is 24.1. The van der Waals surface area contributed by atoms with E-state index in [2.05, 4.69) is 15.4 Å². The highest BCUT2D eigenvalue weighted by Crippen LogP contribution is 2.39. The molecule has 0 aliphatic carbocycles. The second-order valence-corrected chi connectivity index (χ2v) is 10.0. The lowest BCUT2D eigenvalue weighted by Gasteiger charge is -2.15. The third-order valence-electron chi connectivity index (χ3n) is 5.82. The van der Waals surface area contributed by atoms with Crippen LogP contribution in [0.4, 0.5) is 17.1 Å². The molecule has 0 aromatic heterocycles. The van der Waals surface area contributed by atoms with Crippen LogP contribution in [-0.4, -0.2) is 20.9 Å². The maximum atomic E-state index is 13.2. The van der Waals surface area contributed by atoms with Crippen molar-refractivity contribution in [3.8, 4) is 5.75 Å². The van der Waals surface area contributed by atoms with Gasteiger partial charge in [0.1, 0.15) is 5.75 Å². The van der Waals surface area contributed by atoms with Gasteiger partial charge in [0.15, 0.2) is 0 Å². The Kier molecular flexibility index (Phi) is 6.66. The van der Waals surface area contributed by atoms with Crippen LogP contribution in [0.25, 0.3) is 11.3 Å². The van der Waals surface area contributed by atoms with Crippen molar-refractivity contribution in [2.45, 2.75) is 11.8 Å². The molecule has 0 spiro atoms. The predicted octanol–water partition coefficient (Wildman–Crippen LogP) is 5.82. The number of sulfonamides is 1. The van der Waals surface area contributed by atoms with E-state index < -0.39 is 10.0 Å². The molecule has 1 heterocycles. The Balaban J connectivity index is 1.59. The second kappa shape index (κ2) is 10.2. The van der Waals surface area contributed by atoms with Crippen molar-refractivity contribution in [1.29, 1.82) is 0 Å². The molecule has 0 saturated heterocycles. The Hall–Kier alpha value is -4.56. The van der Waals surface area contributed by atoms with Gasteiger partial charge in [-0.15, -0.1) is 0 Å². The third kappa shape index (κ3) is 5.19. The van der Waals surface area contributed by atoms with E-state index in [-0.39, 0.29) is 10.8 Å². The van der Waals surface area contributed by atoms with E-state index in [1.807, 2.05) is 67.6 Å². The quantitative estimate of drug-likeness (QED) is 0.259. The van der Waals surface area contributed by atoms with Gasteiger partial charge in [-0.2, -0.15) is 0 Å². The van der Waals surface area contributed by atoms with Gasteiger partial charge in [-0.25, -0.2) is 8.42 Å². The number of carbonyl (C=O) groups is 1. The number of nitrogens with one attached hydrogen (secondary N) is 3. The number of hydrogen-bond donors (Lipinski definition) is 3. The average molecular weight is 512 g/mol. The Morgan fingerprint density at radius 1 is 0.838 bits per heavy atom. The first-order chi connectivity index (χ1) is 17.9. The maximum absolute atomic E-state index is 13.2. The predicted molar refractivity (Wildman–Crippen MR) is 147 cm³/mol. The number of fused-ring (bicyclic) bond motifs is 1. The lowest BCUT2D eigenvalue weighted by atomic mass is 10.00. The van der Waals surface area contributed by atoms with E-state index in [9.17, 15) is 13.2 Å². The molecule has 4 aromatic carbocycles. The Morgan fingerprint density at radius 3 is 2.19 bits per heavy atom. The highest BCUT2D eigenvalue weighted by molar-refractivity contribution is 7.92. The number of carbonyl (C=O) groups excluding carboxylic acids is 1. The molecule has 1 aliphatic rings. The van der Waals surface area contributed by atoms with Crippen LogP contribution in [0, 0.1) is 0 Å². The summed E-state index contributed by atoms with van der Waals surface area (Å²) in [6.45, 7) is 2.48. The Bertz CT molecular complexity index is 1570. The molecule has 0 saturated carbocycles. The number of amides is 1. The van der Waals surface area contributed by atoms with Crippen molar-refractivity contribution in [2.75, 3.05) is 22.0 Å². The zero-order valence-electron chi connectivity index (χ0n) is 20.1. The molecule has 8 heteroatoms. The van der Waals surface area contributed by atoms with E-state index in [0.29, 0.717) is 34.8 Å². The standard InChI is InChI=1S/C29H25N3O4S/c1-2-36-23-15-13-21(14-16-23)30-28(20-9-5-3-6-10-20)27-25-19-24(17-18-26(25)31-29(27)33)37(34,35)32-22-11-7-4-8-12-22/h3-19,30,32H,2H2,1H3,(H,31,33)/b28-27-. The molecule has 0 radical (unpaired) electrons. The van der Waals surface area contributed by atoms with Crippen LogP contribution in [0.3, 0.4) is 0 Å². The largest absolute Gasteiger partial charge is 0.494 e. The van der Waals surface area contributed by atoms with Crippen molar-refractivity contribution in [2.24, 2.45) is 0 Å². The summed E-state index contributed by atoms with van der Waals surface area (Å²) in [7, 11) is -3.88. The Morgan fingerprint density at radius 2 is 1.51 bits per heavy atom. The lowest BCUT2D eigenvalue weighted by molar-refractivity contribution is -0.110. The lowest BCUT2D eigenvalue weighted by Crippen LogP contribution is -2.13. The van der Waals surface area contributed by atoms with Gasteiger partial charge in [-0.1, -0.05) is 48.5 Å². The minimum atomic E-state index is -3.88. The number of hydrogen-bond acceptors (Lipinski definition) is 5. The van der Waals surface area contributed by atoms with Crippen LogP contribution < -0.4 is 20.1 Å². The minimum Gasteiger partial charge on any atom is -0.494 e. The van der Waals surface area contributed by atoms with Crippen LogP contribution in [0.15, 0.2) is 108 Å². The molecule has 3 N–H and O–H groups in total. The summed E-state index contributed by atoms with van der Waals surface area (Å²) in [5.74, 6) is 0.421. The van der Waals surface area contributed by atoms with Crippen LogP contribution >= 0.6 is 0 Å². The normalized spacial score (nSPS) is 13.9. The molecular weight excluding hydrogens is 486 g/mol. The Labute approximate surface area is 215 Å². The van der Waals surface area contributed by atoms with Gasteiger partial charge in [0.25, 0.3) is 15.9 Å². The van der Waals surface area contributed by atoms with Gasteiger partial charge < -0.3 is 15.4 Å². The SMILES string of the molecule is CCOc1ccc(N/C(=C2\C(=O)Nc3ccc(S(=O)(=O)Nc4ccccc4)cc32)c2ccccc2)cc1. The summed E-state index contributed by atoms with van der Waals surface area (Å²) < 4.78 is 34.4. The molecule has 186 valence electrons. The topological polar surface area (TPSA) is 96.5 Å². The van der Waals surface area contributed by atoms with Crippen molar-refractivity contribution in [3.63, 3.8) is 0 Å². The highest BCUT2D eigenvalue weighted by Gasteiger charge is 2.30. The van der Waals surface area contributed by atoms with E-state index in [4.69, 9.17) is 4.74 Å². The first-order valence-corrected chi connectivity index (χ1v) is 13.3. The zero-order chi connectivity index (χ0) is 25.8. The minimum absolute atomic E-state index is 0.0533. The maximum Gasteiger partial charge on any atom is 0.261 e. The number of rotatable bonds is 8. The first-order valence-electron chi connectivity index (χ1n) is 11.8. The van der Waals surface area contributed by atoms with E-state index >= 15 is 0 Å². The van der Waals surface area contributed by atoms with Gasteiger partial charge in [0, 0.05) is 22.6 Å². The van der Waals surface area contributed by atoms with Crippen LogP contribution in [0.5, 0.6) is 5.75 Å². The molecule has 4 aromatic rings. The number of para-hydroxylation sites is 1. The summed E-state index contributed by atoms with van der Waals surface area (Å²) in [4.78, 5) is 13.3. The van der Waals surface area contributed by atoms with Gasteiger partial charge in [0.2, 0.25) is 0 Å². The van der Waals surface area contributed by atoms with Gasteiger partial charge in [-0.05, 0) is 67.1 Å². The van der Waals surface area contributed by atoms with Crippen molar-refractivity contribution < 1.29 is 17.9 Å². The van der Waals surface area contributed by atoms with Crippen molar-refractivity contribution >= 4 is 44.3 Å². The molecule has 7 nitrogen and oxygen atoms in total. The van der Waals surface area contributed by atoms with Crippen LogP contribution in [0.1, 0.15) is 18.1 Å². The number of benzene rings is 4. The molecule has 0 bridgehead atoms. The number of anilines is 3. The fourth-order valence-electron chi connectivity index (χ4n) is 4.11. The second-order valence-electron chi connectivity index (χ2n) is 8.33. The molecule has 1 amide bonds. The summed E-state index contributed by atoms with van der Waals surface area (Å²) in [5, 5.41) is 6.24. The monoisotopic (exact) mass is 511 g/mol. The molecular formula is C29H25N3O4S. The van der Waals surface area contributed by atoms with E-state index in [0.717, 1.165) is 17.0 Å².